The van der Waals surface area contributed by atoms with E-state index in [1.807, 2.05) is 0 Å². The molecule has 11 aromatic rings. The average molecular weight is 770 g/mol. The second kappa shape index (κ2) is 14.8. The van der Waals surface area contributed by atoms with Gasteiger partial charge < -0.3 is 8.98 Å². The quantitative estimate of drug-likeness (QED) is 0.151. The van der Waals surface area contributed by atoms with E-state index < -0.39 is 0 Å². The summed E-state index contributed by atoms with van der Waals surface area (Å²) in [6.45, 7) is 4.65. The van der Waals surface area contributed by atoms with Crippen LogP contribution in [0, 0.1) is 0 Å². The Balaban J connectivity index is 1.03. The van der Waals surface area contributed by atoms with Crippen molar-refractivity contribution >= 4 is 43.7 Å². The third-order valence-corrected chi connectivity index (χ3v) is 12.5. The van der Waals surface area contributed by atoms with Crippen molar-refractivity contribution in [3.8, 4) is 61.3 Å². The van der Waals surface area contributed by atoms with Crippen LogP contribution in [0.2, 0.25) is 0 Å². The number of para-hydroxylation sites is 1. The van der Waals surface area contributed by atoms with Gasteiger partial charge in [-0.05, 0) is 134 Å². The van der Waals surface area contributed by atoms with Crippen molar-refractivity contribution < 1.29 is 4.42 Å². The molecule has 0 saturated heterocycles. The molecule has 0 spiro atoms. The molecule has 0 N–H and O–H groups in total. The van der Waals surface area contributed by atoms with Crippen LogP contribution in [0.3, 0.4) is 0 Å². The lowest BCUT2D eigenvalue weighted by atomic mass is 9.91. The Labute approximate surface area is 350 Å². The summed E-state index contributed by atoms with van der Waals surface area (Å²) in [7, 11) is 0. The number of hydrogen-bond acceptors (Lipinski definition) is 1. The summed E-state index contributed by atoms with van der Waals surface area (Å²) in [6.07, 6.45) is 1.01. The van der Waals surface area contributed by atoms with Gasteiger partial charge in [0.25, 0.3) is 0 Å². The molecule has 0 aliphatic rings. The van der Waals surface area contributed by atoms with Crippen LogP contribution in [-0.4, -0.2) is 4.57 Å². The summed E-state index contributed by atoms with van der Waals surface area (Å²) in [5, 5.41) is 4.86. The molecule has 2 heterocycles. The predicted octanol–water partition coefficient (Wildman–Crippen LogP) is 16.5. The van der Waals surface area contributed by atoms with Gasteiger partial charge in [-0.3, -0.25) is 0 Å². The molecule has 1 atom stereocenters. The smallest absolute Gasteiger partial charge is 0.135 e. The van der Waals surface area contributed by atoms with Gasteiger partial charge in [0.05, 0.1) is 16.7 Å². The average Bonchev–Trinajstić information content (AvgIpc) is 3.86. The lowest BCUT2D eigenvalue weighted by molar-refractivity contribution is 0.667. The molecular weight excluding hydrogens is 727 g/mol. The van der Waals surface area contributed by atoms with Crippen molar-refractivity contribution in [1.29, 1.82) is 0 Å². The van der Waals surface area contributed by atoms with Gasteiger partial charge in [0, 0.05) is 21.5 Å². The number of fused-ring (bicyclic) bond motifs is 6. The Bertz CT molecular complexity index is 3370. The number of nitrogens with zero attached hydrogens (tertiary/aromatic N) is 1. The summed E-state index contributed by atoms with van der Waals surface area (Å²) < 4.78 is 9.15. The maximum Gasteiger partial charge on any atom is 0.135 e. The molecule has 2 aromatic heterocycles. The van der Waals surface area contributed by atoms with Crippen molar-refractivity contribution in [2.75, 3.05) is 0 Å². The lowest BCUT2D eigenvalue weighted by Crippen LogP contribution is -2.03. The number of benzene rings is 9. The van der Waals surface area contributed by atoms with Gasteiger partial charge in [-0.1, -0.05) is 159 Å². The third-order valence-electron chi connectivity index (χ3n) is 12.5. The molecule has 11 rings (SSSR count). The summed E-state index contributed by atoms with van der Waals surface area (Å²) in [5.41, 5.74) is 18.8. The highest BCUT2D eigenvalue weighted by atomic mass is 16.3. The van der Waals surface area contributed by atoms with Crippen LogP contribution in [0.25, 0.3) is 105 Å². The van der Waals surface area contributed by atoms with E-state index in [0.29, 0.717) is 0 Å². The Kier molecular flexibility index (Phi) is 8.78. The third kappa shape index (κ3) is 6.12. The molecular formula is C58H43NO. The molecule has 286 valence electrons. The monoisotopic (exact) mass is 769 g/mol. The minimum Gasteiger partial charge on any atom is -0.456 e. The van der Waals surface area contributed by atoms with E-state index in [1.54, 1.807) is 0 Å². The molecule has 0 aliphatic heterocycles. The first kappa shape index (κ1) is 35.7. The topological polar surface area (TPSA) is 18.1 Å². The van der Waals surface area contributed by atoms with Crippen LogP contribution >= 0.6 is 0 Å². The second-order valence-corrected chi connectivity index (χ2v) is 16.1. The fraction of sp³-hybridized carbons (Fsp3) is 0.0690. The standard InChI is InChI=1S/C58H43NO/c1-3-38(2)57-54(59-52-26-11-10-25-49(52)50-36-47(27-29-53(50)59)40-17-8-5-9-18-40)30-32-56-58(57)51-37-48(28-31-55(51)60-56)46-24-14-23-45(35-46)44-22-13-21-43(34-44)42-20-12-19-41(33-42)39-15-6-4-7-16-39/h4-38H,3H2,1-2H3. The molecule has 0 aliphatic carbocycles. The zero-order chi connectivity index (χ0) is 40.2. The van der Waals surface area contributed by atoms with Crippen LogP contribution in [0.15, 0.2) is 211 Å². The van der Waals surface area contributed by atoms with E-state index in [2.05, 4.69) is 225 Å². The van der Waals surface area contributed by atoms with Crippen molar-refractivity contribution in [3.05, 3.63) is 212 Å². The molecule has 0 saturated carbocycles. The Morgan fingerprint density at radius 1 is 0.383 bits per heavy atom. The van der Waals surface area contributed by atoms with Crippen LogP contribution < -0.4 is 0 Å². The van der Waals surface area contributed by atoms with Crippen LogP contribution in [0.4, 0.5) is 0 Å². The van der Waals surface area contributed by atoms with E-state index in [0.717, 1.165) is 23.0 Å². The second-order valence-electron chi connectivity index (χ2n) is 16.1. The van der Waals surface area contributed by atoms with E-state index in [1.165, 1.54) is 94.1 Å². The summed E-state index contributed by atoms with van der Waals surface area (Å²) in [4.78, 5) is 0. The first-order chi connectivity index (χ1) is 29.6. The van der Waals surface area contributed by atoms with Gasteiger partial charge in [0.1, 0.15) is 11.2 Å². The fourth-order valence-corrected chi connectivity index (χ4v) is 9.27. The van der Waals surface area contributed by atoms with Gasteiger partial charge in [-0.15, -0.1) is 0 Å². The highest BCUT2D eigenvalue weighted by Gasteiger charge is 2.23. The molecule has 60 heavy (non-hydrogen) atoms. The van der Waals surface area contributed by atoms with Crippen molar-refractivity contribution in [3.63, 3.8) is 0 Å². The van der Waals surface area contributed by atoms with E-state index in [4.69, 9.17) is 4.42 Å². The molecule has 1 unspecified atom stereocenters. The first-order valence-electron chi connectivity index (χ1n) is 21.1. The van der Waals surface area contributed by atoms with Gasteiger partial charge in [0.2, 0.25) is 0 Å². The Morgan fingerprint density at radius 2 is 0.833 bits per heavy atom. The molecule has 0 radical (unpaired) electrons. The van der Waals surface area contributed by atoms with E-state index in [-0.39, 0.29) is 5.92 Å². The van der Waals surface area contributed by atoms with Crippen molar-refractivity contribution in [2.45, 2.75) is 26.2 Å². The minimum atomic E-state index is 0.289. The van der Waals surface area contributed by atoms with Crippen LogP contribution in [0.1, 0.15) is 31.7 Å². The van der Waals surface area contributed by atoms with Crippen molar-refractivity contribution in [2.24, 2.45) is 0 Å². The zero-order valence-corrected chi connectivity index (χ0v) is 33.8. The van der Waals surface area contributed by atoms with Crippen molar-refractivity contribution in [1.82, 2.24) is 4.57 Å². The van der Waals surface area contributed by atoms with Gasteiger partial charge in [0.15, 0.2) is 0 Å². The fourth-order valence-electron chi connectivity index (χ4n) is 9.27. The van der Waals surface area contributed by atoms with E-state index in [9.17, 15) is 0 Å². The highest BCUT2D eigenvalue weighted by Crippen LogP contribution is 2.44. The maximum absolute atomic E-state index is 6.67. The highest BCUT2D eigenvalue weighted by molar-refractivity contribution is 6.13. The summed E-state index contributed by atoms with van der Waals surface area (Å²) >= 11 is 0. The molecule has 0 fully saturated rings. The lowest BCUT2D eigenvalue weighted by Gasteiger charge is -2.19. The first-order valence-corrected chi connectivity index (χ1v) is 21.1. The largest absolute Gasteiger partial charge is 0.456 e. The Morgan fingerprint density at radius 3 is 1.43 bits per heavy atom. The van der Waals surface area contributed by atoms with Gasteiger partial charge >= 0.3 is 0 Å². The number of hydrogen-bond donors (Lipinski definition) is 0. The predicted molar refractivity (Wildman–Crippen MR) is 254 cm³/mol. The summed E-state index contributed by atoms with van der Waals surface area (Å²) in [5.74, 6) is 0.289. The van der Waals surface area contributed by atoms with Gasteiger partial charge in [-0.2, -0.15) is 0 Å². The molecule has 2 heteroatoms. The molecule has 0 amide bonds. The number of furan rings is 1. The number of rotatable bonds is 8. The Hall–Kier alpha value is -7.42. The molecule has 9 aromatic carbocycles. The molecule has 2 nitrogen and oxygen atoms in total. The minimum absolute atomic E-state index is 0.289. The summed E-state index contributed by atoms with van der Waals surface area (Å²) in [6, 6.07) is 74.9. The SMILES string of the molecule is CCC(C)c1c(-n2c3ccccc3c3cc(-c4ccccc4)ccc32)ccc2oc3ccc(-c4cccc(-c5cccc(-c6cccc(-c7ccccc7)c6)c5)c4)cc3c12. The van der Waals surface area contributed by atoms with Crippen LogP contribution in [-0.2, 0) is 0 Å². The maximum atomic E-state index is 6.67. The number of aromatic nitrogens is 1. The zero-order valence-electron chi connectivity index (χ0n) is 33.8. The molecule has 0 bridgehead atoms. The van der Waals surface area contributed by atoms with Gasteiger partial charge in [-0.25, -0.2) is 0 Å². The van der Waals surface area contributed by atoms with E-state index >= 15 is 0 Å². The van der Waals surface area contributed by atoms with Crippen LogP contribution in [0.5, 0.6) is 0 Å². The normalized spacial score (nSPS) is 12.2.